The van der Waals surface area contributed by atoms with E-state index in [0.29, 0.717) is 12.5 Å². The van der Waals surface area contributed by atoms with Crippen LogP contribution in [0.4, 0.5) is 0 Å². The minimum atomic E-state index is -0.190. The first-order chi connectivity index (χ1) is 8.49. The SMILES string of the molecule is Cc1cncc(CNC(C)C(=O)NCC(C)C)c1. The third-order valence-corrected chi connectivity index (χ3v) is 2.62. The Morgan fingerprint density at radius 2 is 2.06 bits per heavy atom. The maximum atomic E-state index is 11.7. The highest BCUT2D eigenvalue weighted by Crippen LogP contribution is 2.01. The van der Waals surface area contributed by atoms with E-state index < -0.39 is 0 Å². The van der Waals surface area contributed by atoms with Gasteiger partial charge in [0.1, 0.15) is 0 Å². The second kappa shape index (κ2) is 7.11. The van der Waals surface area contributed by atoms with E-state index in [0.717, 1.165) is 17.7 Å². The summed E-state index contributed by atoms with van der Waals surface area (Å²) in [5, 5.41) is 6.11. The molecule has 4 heteroatoms. The molecular formula is C14H23N3O. The zero-order chi connectivity index (χ0) is 13.5. The van der Waals surface area contributed by atoms with E-state index in [2.05, 4.69) is 35.5 Å². The number of aromatic nitrogens is 1. The minimum Gasteiger partial charge on any atom is -0.354 e. The summed E-state index contributed by atoms with van der Waals surface area (Å²) in [6, 6.07) is 1.88. The van der Waals surface area contributed by atoms with E-state index in [1.165, 1.54) is 0 Å². The van der Waals surface area contributed by atoms with Crippen LogP contribution in [0, 0.1) is 12.8 Å². The molecule has 1 aromatic rings. The first-order valence-corrected chi connectivity index (χ1v) is 6.40. The van der Waals surface area contributed by atoms with Gasteiger partial charge in [-0.2, -0.15) is 0 Å². The quantitative estimate of drug-likeness (QED) is 0.806. The lowest BCUT2D eigenvalue weighted by molar-refractivity contribution is -0.122. The third kappa shape index (κ3) is 5.27. The summed E-state index contributed by atoms with van der Waals surface area (Å²) in [6.07, 6.45) is 3.64. The highest BCUT2D eigenvalue weighted by atomic mass is 16.2. The molecule has 4 nitrogen and oxygen atoms in total. The second-order valence-electron chi connectivity index (χ2n) is 5.11. The van der Waals surface area contributed by atoms with Gasteiger partial charge >= 0.3 is 0 Å². The Hall–Kier alpha value is -1.42. The average Bonchev–Trinajstić information content (AvgIpc) is 2.33. The van der Waals surface area contributed by atoms with E-state index in [9.17, 15) is 4.79 Å². The molecular weight excluding hydrogens is 226 g/mol. The summed E-state index contributed by atoms with van der Waals surface area (Å²) in [5.74, 6) is 0.520. The van der Waals surface area contributed by atoms with Gasteiger partial charge in [0.15, 0.2) is 0 Å². The summed E-state index contributed by atoms with van der Waals surface area (Å²) < 4.78 is 0. The number of aryl methyl sites for hydroxylation is 1. The van der Waals surface area contributed by atoms with E-state index in [1.54, 1.807) is 0 Å². The molecule has 0 fully saturated rings. The van der Waals surface area contributed by atoms with Crippen molar-refractivity contribution in [2.24, 2.45) is 5.92 Å². The van der Waals surface area contributed by atoms with Crippen LogP contribution in [0.3, 0.4) is 0 Å². The zero-order valence-electron chi connectivity index (χ0n) is 11.7. The normalized spacial score (nSPS) is 12.5. The molecule has 1 heterocycles. The molecule has 1 rings (SSSR count). The van der Waals surface area contributed by atoms with Crippen LogP contribution in [0.1, 0.15) is 31.9 Å². The molecule has 0 aliphatic heterocycles. The largest absolute Gasteiger partial charge is 0.354 e. The molecule has 0 aliphatic carbocycles. The van der Waals surface area contributed by atoms with Crippen LogP contribution >= 0.6 is 0 Å². The highest BCUT2D eigenvalue weighted by Gasteiger charge is 2.11. The van der Waals surface area contributed by atoms with Crippen molar-refractivity contribution in [2.45, 2.75) is 40.3 Å². The van der Waals surface area contributed by atoms with Crippen molar-refractivity contribution < 1.29 is 4.79 Å². The molecule has 0 aromatic carbocycles. The molecule has 0 aliphatic rings. The van der Waals surface area contributed by atoms with Crippen molar-refractivity contribution in [1.82, 2.24) is 15.6 Å². The molecule has 1 aromatic heterocycles. The van der Waals surface area contributed by atoms with Crippen LogP contribution < -0.4 is 10.6 Å². The van der Waals surface area contributed by atoms with Gasteiger partial charge in [0.05, 0.1) is 6.04 Å². The number of nitrogens with one attached hydrogen (secondary N) is 2. The lowest BCUT2D eigenvalue weighted by atomic mass is 10.2. The summed E-state index contributed by atoms with van der Waals surface area (Å²) in [6.45, 7) is 9.42. The number of rotatable bonds is 6. The van der Waals surface area contributed by atoms with Gasteiger partial charge in [-0.05, 0) is 30.9 Å². The van der Waals surface area contributed by atoms with Crippen molar-refractivity contribution in [2.75, 3.05) is 6.54 Å². The molecule has 100 valence electrons. The smallest absolute Gasteiger partial charge is 0.236 e. The van der Waals surface area contributed by atoms with Crippen LogP contribution in [0.2, 0.25) is 0 Å². The lowest BCUT2D eigenvalue weighted by Crippen LogP contribution is -2.42. The summed E-state index contributed by atoms with van der Waals surface area (Å²) in [7, 11) is 0. The topological polar surface area (TPSA) is 54.0 Å². The van der Waals surface area contributed by atoms with Crippen molar-refractivity contribution in [3.05, 3.63) is 29.6 Å². The molecule has 1 unspecified atom stereocenters. The maximum absolute atomic E-state index is 11.7. The maximum Gasteiger partial charge on any atom is 0.236 e. The first kappa shape index (κ1) is 14.6. The number of carbonyl (C=O) groups excluding carboxylic acids is 1. The first-order valence-electron chi connectivity index (χ1n) is 6.40. The van der Waals surface area contributed by atoms with Crippen LogP contribution in [0.15, 0.2) is 18.5 Å². The van der Waals surface area contributed by atoms with Gasteiger partial charge in [0.2, 0.25) is 5.91 Å². The fraction of sp³-hybridized carbons (Fsp3) is 0.571. The highest BCUT2D eigenvalue weighted by molar-refractivity contribution is 5.81. The predicted molar refractivity (Wildman–Crippen MR) is 73.1 cm³/mol. The van der Waals surface area contributed by atoms with Gasteiger partial charge in [-0.3, -0.25) is 9.78 Å². The van der Waals surface area contributed by atoms with Crippen molar-refractivity contribution in [1.29, 1.82) is 0 Å². The Bertz CT molecular complexity index is 390. The summed E-state index contributed by atoms with van der Waals surface area (Å²) >= 11 is 0. The van der Waals surface area contributed by atoms with Gasteiger partial charge < -0.3 is 10.6 Å². The Kier molecular flexibility index (Phi) is 5.78. The molecule has 2 N–H and O–H groups in total. The fourth-order valence-corrected chi connectivity index (χ4v) is 1.54. The van der Waals surface area contributed by atoms with E-state index >= 15 is 0 Å². The standard InChI is InChI=1S/C14H23N3O/c1-10(2)6-17-14(18)12(4)16-9-13-5-11(3)7-15-8-13/h5,7-8,10,12,16H,6,9H2,1-4H3,(H,17,18). The molecule has 0 bridgehead atoms. The van der Waals surface area contributed by atoms with Crippen LogP contribution in [-0.2, 0) is 11.3 Å². The molecule has 18 heavy (non-hydrogen) atoms. The van der Waals surface area contributed by atoms with Gasteiger partial charge in [-0.15, -0.1) is 0 Å². The Morgan fingerprint density at radius 1 is 1.33 bits per heavy atom. The number of amides is 1. The number of pyridine rings is 1. The number of carbonyl (C=O) groups is 1. The van der Waals surface area contributed by atoms with Crippen molar-refractivity contribution in [3.63, 3.8) is 0 Å². The molecule has 0 radical (unpaired) electrons. The Morgan fingerprint density at radius 3 is 2.67 bits per heavy atom. The fourth-order valence-electron chi connectivity index (χ4n) is 1.54. The Balaban J connectivity index is 2.36. The van der Waals surface area contributed by atoms with Crippen LogP contribution in [0.25, 0.3) is 0 Å². The van der Waals surface area contributed by atoms with Crippen molar-refractivity contribution >= 4 is 5.91 Å². The number of hydrogen-bond acceptors (Lipinski definition) is 3. The monoisotopic (exact) mass is 249 g/mol. The molecule has 0 saturated heterocycles. The molecule has 0 saturated carbocycles. The molecule has 0 spiro atoms. The van der Waals surface area contributed by atoms with E-state index in [1.807, 2.05) is 26.2 Å². The predicted octanol–water partition coefficient (Wildman–Crippen LogP) is 1.64. The number of nitrogens with zero attached hydrogens (tertiary/aromatic N) is 1. The second-order valence-corrected chi connectivity index (χ2v) is 5.11. The lowest BCUT2D eigenvalue weighted by Gasteiger charge is -2.15. The van der Waals surface area contributed by atoms with Gasteiger partial charge in [-0.1, -0.05) is 19.9 Å². The summed E-state index contributed by atoms with van der Waals surface area (Å²) in [5.41, 5.74) is 2.23. The average molecular weight is 249 g/mol. The minimum absolute atomic E-state index is 0.0457. The number of hydrogen-bond donors (Lipinski definition) is 2. The van der Waals surface area contributed by atoms with Gasteiger partial charge in [0.25, 0.3) is 0 Å². The summed E-state index contributed by atoms with van der Waals surface area (Å²) in [4.78, 5) is 15.9. The Labute approximate surface area is 109 Å². The zero-order valence-corrected chi connectivity index (χ0v) is 11.7. The van der Waals surface area contributed by atoms with E-state index in [4.69, 9.17) is 0 Å². The van der Waals surface area contributed by atoms with Gasteiger partial charge in [-0.25, -0.2) is 0 Å². The van der Waals surface area contributed by atoms with Crippen molar-refractivity contribution in [3.8, 4) is 0 Å². The van der Waals surface area contributed by atoms with E-state index in [-0.39, 0.29) is 11.9 Å². The van der Waals surface area contributed by atoms with Gasteiger partial charge in [0, 0.05) is 25.5 Å². The molecule has 1 atom stereocenters. The van der Waals surface area contributed by atoms with Crippen LogP contribution in [-0.4, -0.2) is 23.5 Å². The third-order valence-electron chi connectivity index (χ3n) is 2.62. The van der Waals surface area contributed by atoms with Crippen LogP contribution in [0.5, 0.6) is 0 Å². The molecule has 1 amide bonds.